The van der Waals surface area contributed by atoms with Gasteiger partial charge >= 0.3 is 11.9 Å². The lowest BCUT2D eigenvalue weighted by Crippen LogP contribution is -2.23. The molecule has 2 aromatic rings. The van der Waals surface area contributed by atoms with E-state index in [9.17, 15) is 9.59 Å². The first kappa shape index (κ1) is 28.4. The molecule has 0 radical (unpaired) electrons. The molecule has 0 saturated carbocycles. The number of carbonyl (C=O) groups excluding carboxylic acids is 2. The predicted octanol–water partition coefficient (Wildman–Crippen LogP) is 4.67. The van der Waals surface area contributed by atoms with Crippen LogP contribution in [0.1, 0.15) is 45.2 Å². The summed E-state index contributed by atoms with van der Waals surface area (Å²) in [6.07, 6.45) is -0.646. The average molecular weight is 528 g/mol. The SMILES string of the molecule is COc1ccc(C2=C(c3cc(OC)c(OC)c(OC)c3)/C(=N/OC(C)=O)C(OC(C)=O)C2)cc1OC(C)C. The molecule has 0 amide bonds. The van der Waals surface area contributed by atoms with Gasteiger partial charge in [-0.1, -0.05) is 11.2 Å². The number of esters is 1. The van der Waals surface area contributed by atoms with Gasteiger partial charge in [0, 0.05) is 25.8 Å². The van der Waals surface area contributed by atoms with E-state index in [1.165, 1.54) is 35.2 Å². The molecular formula is C28H33NO9. The average Bonchev–Trinajstić information content (AvgIpc) is 3.23. The van der Waals surface area contributed by atoms with Crippen LogP contribution in [-0.2, 0) is 19.2 Å². The van der Waals surface area contributed by atoms with Gasteiger partial charge < -0.3 is 33.3 Å². The second kappa shape index (κ2) is 12.4. The van der Waals surface area contributed by atoms with Crippen molar-refractivity contribution < 1.29 is 42.8 Å². The molecule has 1 aliphatic rings. The molecule has 0 heterocycles. The van der Waals surface area contributed by atoms with Crippen LogP contribution in [0.3, 0.4) is 0 Å². The third kappa shape index (κ3) is 6.19. The standard InChI is InChI=1S/C28H33NO9/c1-15(2)36-22-11-18(9-10-21(22)32-5)20-14-23(37-16(3)30)27(29-38-17(4)31)26(20)19-12-24(33-6)28(35-8)25(13-19)34-7/h9-13,15,23H,14H2,1-8H3/b29-27+. The number of benzene rings is 2. The Morgan fingerprint density at radius 3 is 1.92 bits per heavy atom. The minimum atomic E-state index is -0.812. The van der Waals surface area contributed by atoms with Crippen molar-refractivity contribution in [3.8, 4) is 28.7 Å². The third-order valence-corrected chi connectivity index (χ3v) is 5.66. The summed E-state index contributed by atoms with van der Waals surface area (Å²) in [4.78, 5) is 28.7. The summed E-state index contributed by atoms with van der Waals surface area (Å²) in [5.74, 6) is 1.23. The molecule has 10 nitrogen and oxygen atoms in total. The fourth-order valence-electron chi connectivity index (χ4n) is 4.24. The summed E-state index contributed by atoms with van der Waals surface area (Å²) < 4.78 is 33.7. The maximum atomic E-state index is 12.0. The Labute approximate surface area is 222 Å². The molecule has 0 aromatic heterocycles. The third-order valence-electron chi connectivity index (χ3n) is 5.66. The lowest BCUT2D eigenvalue weighted by molar-refractivity contribution is -0.143. The van der Waals surface area contributed by atoms with Crippen molar-refractivity contribution in [3.05, 3.63) is 41.5 Å². The van der Waals surface area contributed by atoms with Gasteiger partial charge in [0.1, 0.15) is 5.71 Å². The molecule has 0 N–H and O–H groups in total. The summed E-state index contributed by atoms with van der Waals surface area (Å²) in [7, 11) is 6.11. The zero-order valence-electron chi connectivity index (χ0n) is 22.9. The number of hydrogen-bond donors (Lipinski definition) is 0. The molecule has 1 atom stereocenters. The maximum absolute atomic E-state index is 12.0. The number of carbonyl (C=O) groups is 2. The monoisotopic (exact) mass is 527 g/mol. The van der Waals surface area contributed by atoms with Crippen LogP contribution in [0, 0.1) is 0 Å². The Balaban J connectivity index is 2.35. The number of hydrogen-bond acceptors (Lipinski definition) is 10. The van der Waals surface area contributed by atoms with Crippen LogP contribution in [0.4, 0.5) is 0 Å². The highest BCUT2D eigenvalue weighted by Crippen LogP contribution is 2.46. The van der Waals surface area contributed by atoms with Crippen molar-refractivity contribution in [1.82, 2.24) is 0 Å². The van der Waals surface area contributed by atoms with Crippen molar-refractivity contribution in [2.75, 3.05) is 28.4 Å². The van der Waals surface area contributed by atoms with Gasteiger partial charge in [0.2, 0.25) is 5.75 Å². The predicted molar refractivity (Wildman–Crippen MR) is 141 cm³/mol. The van der Waals surface area contributed by atoms with Crippen molar-refractivity contribution in [3.63, 3.8) is 0 Å². The maximum Gasteiger partial charge on any atom is 0.331 e. The second-order valence-corrected chi connectivity index (χ2v) is 8.66. The van der Waals surface area contributed by atoms with Gasteiger partial charge in [-0.3, -0.25) is 4.79 Å². The minimum Gasteiger partial charge on any atom is -0.493 e. The number of oxime groups is 1. The van der Waals surface area contributed by atoms with E-state index in [-0.39, 0.29) is 18.2 Å². The largest absolute Gasteiger partial charge is 0.493 e. The normalized spacial score (nSPS) is 15.9. The Hall–Kier alpha value is -4.21. The highest BCUT2D eigenvalue weighted by Gasteiger charge is 2.37. The number of ether oxygens (including phenoxy) is 6. The molecule has 0 fully saturated rings. The molecule has 3 rings (SSSR count). The van der Waals surface area contributed by atoms with Gasteiger partial charge in [-0.05, 0) is 54.8 Å². The van der Waals surface area contributed by atoms with Crippen LogP contribution in [-0.4, -0.2) is 58.3 Å². The topological polar surface area (TPSA) is 111 Å². The summed E-state index contributed by atoms with van der Waals surface area (Å²) >= 11 is 0. The van der Waals surface area contributed by atoms with Crippen molar-refractivity contribution in [1.29, 1.82) is 0 Å². The van der Waals surface area contributed by atoms with Crippen LogP contribution in [0.15, 0.2) is 35.5 Å². The molecule has 0 bridgehead atoms. The fourth-order valence-corrected chi connectivity index (χ4v) is 4.24. The van der Waals surface area contributed by atoms with Gasteiger partial charge in [-0.2, -0.15) is 0 Å². The van der Waals surface area contributed by atoms with Crippen LogP contribution >= 0.6 is 0 Å². The molecular weight excluding hydrogens is 494 g/mol. The van der Waals surface area contributed by atoms with E-state index in [0.717, 1.165) is 11.1 Å². The van der Waals surface area contributed by atoms with E-state index < -0.39 is 18.0 Å². The van der Waals surface area contributed by atoms with Crippen LogP contribution in [0.2, 0.25) is 0 Å². The first-order chi connectivity index (χ1) is 18.1. The zero-order valence-corrected chi connectivity index (χ0v) is 22.9. The number of nitrogens with zero attached hydrogens (tertiary/aromatic N) is 1. The Bertz CT molecular complexity index is 1240. The summed E-state index contributed by atoms with van der Waals surface area (Å²) in [5.41, 5.74) is 3.01. The Morgan fingerprint density at radius 2 is 1.42 bits per heavy atom. The van der Waals surface area contributed by atoms with Crippen molar-refractivity contribution >= 4 is 28.8 Å². The summed E-state index contributed by atoms with van der Waals surface area (Å²) in [6, 6.07) is 9.04. The molecule has 0 saturated heterocycles. The Kier molecular flexibility index (Phi) is 9.22. The highest BCUT2D eigenvalue weighted by atomic mass is 16.7. The summed E-state index contributed by atoms with van der Waals surface area (Å²) in [5, 5.41) is 4.11. The smallest absolute Gasteiger partial charge is 0.331 e. The lowest BCUT2D eigenvalue weighted by atomic mass is 9.95. The molecule has 2 aromatic carbocycles. The highest BCUT2D eigenvalue weighted by molar-refractivity contribution is 6.35. The van der Waals surface area contributed by atoms with E-state index in [1.54, 1.807) is 25.3 Å². The fraction of sp³-hybridized carbons (Fsp3) is 0.393. The van der Waals surface area contributed by atoms with Gasteiger partial charge in [0.15, 0.2) is 29.1 Å². The summed E-state index contributed by atoms with van der Waals surface area (Å²) in [6.45, 7) is 6.39. The van der Waals surface area contributed by atoms with Gasteiger partial charge in [-0.25, -0.2) is 4.79 Å². The molecule has 1 aliphatic carbocycles. The van der Waals surface area contributed by atoms with Gasteiger partial charge in [0.05, 0.1) is 34.5 Å². The van der Waals surface area contributed by atoms with Gasteiger partial charge in [0.25, 0.3) is 0 Å². The molecule has 1 unspecified atom stereocenters. The van der Waals surface area contributed by atoms with Crippen LogP contribution < -0.4 is 23.7 Å². The van der Waals surface area contributed by atoms with Crippen molar-refractivity contribution in [2.45, 2.75) is 46.3 Å². The molecule has 38 heavy (non-hydrogen) atoms. The minimum absolute atomic E-state index is 0.0961. The first-order valence-corrected chi connectivity index (χ1v) is 11.9. The van der Waals surface area contributed by atoms with E-state index in [4.69, 9.17) is 33.3 Å². The number of methoxy groups -OCH3 is 4. The number of rotatable bonds is 10. The first-order valence-electron chi connectivity index (χ1n) is 11.9. The molecule has 204 valence electrons. The zero-order chi connectivity index (χ0) is 28.0. The molecule has 0 aliphatic heterocycles. The quantitative estimate of drug-likeness (QED) is 0.247. The Morgan fingerprint density at radius 1 is 0.816 bits per heavy atom. The molecule has 10 heteroatoms. The molecule has 0 spiro atoms. The van der Waals surface area contributed by atoms with E-state index in [1.807, 2.05) is 26.0 Å². The van der Waals surface area contributed by atoms with Crippen molar-refractivity contribution in [2.24, 2.45) is 5.16 Å². The van der Waals surface area contributed by atoms with Gasteiger partial charge in [-0.15, -0.1) is 0 Å². The van der Waals surface area contributed by atoms with E-state index in [2.05, 4.69) is 5.16 Å². The van der Waals surface area contributed by atoms with E-state index in [0.29, 0.717) is 39.9 Å². The second-order valence-electron chi connectivity index (χ2n) is 8.66. The van der Waals surface area contributed by atoms with Crippen LogP contribution in [0.5, 0.6) is 28.7 Å². The lowest BCUT2D eigenvalue weighted by Gasteiger charge is -2.17. The van der Waals surface area contributed by atoms with E-state index >= 15 is 0 Å². The van der Waals surface area contributed by atoms with Crippen LogP contribution in [0.25, 0.3) is 11.1 Å².